The lowest BCUT2D eigenvalue weighted by atomic mass is 10.0. The molecule has 1 unspecified atom stereocenters. The maximum absolute atomic E-state index is 3.55. The summed E-state index contributed by atoms with van der Waals surface area (Å²) < 4.78 is 1.31. The molecule has 94 valence electrons. The highest BCUT2D eigenvalue weighted by Gasteiger charge is 2.17. The Hall–Kier alpha value is -0.290. The molecule has 1 saturated heterocycles. The van der Waals surface area contributed by atoms with Gasteiger partial charge in [-0.1, -0.05) is 18.6 Å². The van der Waals surface area contributed by atoms with Crippen molar-refractivity contribution in [2.45, 2.75) is 31.7 Å². The molecule has 0 aliphatic carbocycles. The molecule has 0 bridgehead atoms. The van der Waals surface area contributed by atoms with Gasteiger partial charge in [0.2, 0.25) is 0 Å². The average molecular weight is 344 g/mol. The number of nitrogens with zero attached hydrogens (tertiary/aromatic N) is 1. The van der Waals surface area contributed by atoms with Gasteiger partial charge in [0.1, 0.15) is 0 Å². The largest absolute Gasteiger partial charge is 0.384 e. The predicted octanol–water partition coefficient (Wildman–Crippen LogP) is 3.58. The van der Waals surface area contributed by atoms with E-state index in [0.29, 0.717) is 0 Å². The minimum Gasteiger partial charge on any atom is -0.384 e. The summed E-state index contributed by atoms with van der Waals surface area (Å²) in [6.07, 6.45) is 5.39. The Kier molecular flexibility index (Phi) is 5.10. The second-order valence-corrected chi connectivity index (χ2v) is 5.99. The van der Waals surface area contributed by atoms with E-state index < -0.39 is 0 Å². The Bertz CT molecular complexity index is 354. The molecule has 0 saturated carbocycles. The van der Waals surface area contributed by atoms with Crippen LogP contribution in [-0.4, -0.2) is 31.1 Å². The average Bonchev–Trinajstić information content (AvgIpc) is 2.34. The minimum absolute atomic E-state index is 0.776. The minimum atomic E-state index is 0.776. The third-order valence-corrected chi connectivity index (χ3v) is 4.53. The number of rotatable bonds is 4. The van der Waals surface area contributed by atoms with Crippen molar-refractivity contribution >= 4 is 28.3 Å². The first-order chi connectivity index (χ1) is 8.27. The number of likely N-dealkylation sites (tertiary alicyclic amines) is 1. The van der Waals surface area contributed by atoms with Crippen LogP contribution in [-0.2, 0) is 0 Å². The van der Waals surface area contributed by atoms with Gasteiger partial charge in [-0.3, -0.25) is 0 Å². The molecule has 1 aliphatic heterocycles. The van der Waals surface area contributed by atoms with Crippen molar-refractivity contribution in [1.82, 2.24) is 4.90 Å². The SMILES string of the molecule is CN1CCCCC1CCNc1ccccc1I. The van der Waals surface area contributed by atoms with Crippen LogP contribution >= 0.6 is 22.6 Å². The number of benzene rings is 1. The standard InChI is InChI=1S/C14H21IN2/c1-17-11-5-4-6-12(17)9-10-16-14-8-3-2-7-13(14)15/h2-3,7-8,12,16H,4-6,9-11H2,1H3. The summed E-state index contributed by atoms with van der Waals surface area (Å²) in [5.74, 6) is 0. The lowest BCUT2D eigenvalue weighted by Crippen LogP contribution is -2.37. The number of anilines is 1. The third-order valence-electron chi connectivity index (χ3n) is 3.59. The van der Waals surface area contributed by atoms with Crippen molar-refractivity contribution < 1.29 is 0 Å². The van der Waals surface area contributed by atoms with Crippen LogP contribution in [0.25, 0.3) is 0 Å². The summed E-state index contributed by atoms with van der Waals surface area (Å²) >= 11 is 2.39. The molecule has 1 aromatic rings. The van der Waals surface area contributed by atoms with E-state index in [1.54, 1.807) is 0 Å². The van der Waals surface area contributed by atoms with E-state index >= 15 is 0 Å². The van der Waals surface area contributed by atoms with Crippen LogP contribution in [0.1, 0.15) is 25.7 Å². The Morgan fingerprint density at radius 3 is 2.94 bits per heavy atom. The van der Waals surface area contributed by atoms with Crippen molar-refractivity contribution in [2.75, 3.05) is 25.5 Å². The number of nitrogens with one attached hydrogen (secondary N) is 1. The highest BCUT2D eigenvalue weighted by Crippen LogP contribution is 2.20. The van der Waals surface area contributed by atoms with Crippen LogP contribution in [0.2, 0.25) is 0 Å². The lowest BCUT2D eigenvalue weighted by molar-refractivity contribution is 0.179. The number of hydrogen-bond donors (Lipinski definition) is 1. The second-order valence-electron chi connectivity index (χ2n) is 4.83. The summed E-state index contributed by atoms with van der Waals surface area (Å²) in [6, 6.07) is 9.26. The smallest absolute Gasteiger partial charge is 0.0475 e. The van der Waals surface area contributed by atoms with E-state index in [0.717, 1.165) is 12.6 Å². The molecule has 0 aromatic heterocycles. The van der Waals surface area contributed by atoms with Gasteiger partial charge in [-0.05, 0) is 67.6 Å². The molecule has 0 spiro atoms. The molecule has 17 heavy (non-hydrogen) atoms. The van der Waals surface area contributed by atoms with Crippen molar-refractivity contribution in [3.63, 3.8) is 0 Å². The van der Waals surface area contributed by atoms with Crippen LogP contribution in [0, 0.1) is 3.57 Å². The van der Waals surface area contributed by atoms with Crippen molar-refractivity contribution in [3.8, 4) is 0 Å². The van der Waals surface area contributed by atoms with Gasteiger partial charge in [-0.15, -0.1) is 0 Å². The predicted molar refractivity (Wildman–Crippen MR) is 82.5 cm³/mol. The first kappa shape index (κ1) is 13.1. The van der Waals surface area contributed by atoms with Gasteiger partial charge in [0.05, 0.1) is 0 Å². The summed E-state index contributed by atoms with van der Waals surface area (Å²) in [5, 5.41) is 3.55. The highest BCUT2D eigenvalue weighted by molar-refractivity contribution is 14.1. The molecule has 1 fully saturated rings. The molecule has 0 amide bonds. The van der Waals surface area contributed by atoms with Crippen LogP contribution in [0.3, 0.4) is 0 Å². The fourth-order valence-electron chi connectivity index (χ4n) is 2.49. The fourth-order valence-corrected chi connectivity index (χ4v) is 3.06. The molecule has 1 aliphatic rings. The maximum atomic E-state index is 3.55. The molecule has 2 nitrogen and oxygen atoms in total. The van der Waals surface area contributed by atoms with Crippen LogP contribution < -0.4 is 5.32 Å². The van der Waals surface area contributed by atoms with Crippen molar-refractivity contribution in [1.29, 1.82) is 0 Å². The number of halogens is 1. The highest BCUT2D eigenvalue weighted by atomic mass is 127. The zero-order valence-corrected chi connectivity index (χ0v) is 12.6. The Morgan fingerprint density at radius 2 is 2.18 bits per heavy atom. The zero-order valence-electron chi connectivity index (χ0n) is 10.5. The maximum Gasteiger partial charge on any atom is 0.0475 e. The monoisotopic (exact) mass is 344 g/mol. The molecule has 0 radical (unpaired) electrons. The van der Waals surface area contributed by atoms with Gasteiger partial charge in [0.25, 0.3) is 0 Å². The normalized spacial score (nSPS) is 21.4. The summed E-state index contributed by atoms with van der Waals surface area (Å²) in [4.78, 5) is 2.52. The van der Waals surface area contributed by atoms with Crippen LogP contribution in [0.5, 0.6) is 0 Å². The zero-order chi connectivity index (χ0) is 12.1. The van der Waals surface area contributed by atoms with Gasteiger partial charge in [-0.25, -0.2) is 0 Å². The molecule has 1 N–H and O–H groups in total. The molecule has 2 rings (SSSR count). The second kappa shape index (κ2) is 6.59. The van der Waals surface area contributed by atoms with Crippen LogP contribution in [0.4, 0.5) is 5.69 Å². The van der Waals surface area contributed by atoms with E-state index in [-0.39, 0.29) is 0 Å². The first-order valence-electron chi connectivity index (χ1n) is 6.46. The van der Waals surface area contributed by atoms with E-state index in [1.165, 1.54) is 41.5 Å². The summed E-state index contributed by atoms with van der Waals surface area (Å²) in [5.41, 5.74) is 1.27. The van der Waals surface area contributed by atoms with Gasteiger partial charge in [-0.2, -0.15) is 0 Å². The van der Waals surface area contributed by atoms with E-state index in [2.05, 4.69) is 64.1 Å². The number of para-hydroxylation sites is 1. The van der Waals surface area contributed by atoms with Gasteiger partial charge >= 0.3 is 0 Å². The van der Waals surface area contributed by atoms with Gasteiger partial charge in [0.15, 0.2) is 0 Å². The van der Waals surface area contributed by atoms with Gasteiger partial charge < -0.3 is 10.2 Å². The molecule has 1 atom stereocenters. The topological polar surface area (TPSA) is 15.3 Å². The Labute approximate surface area is 118 Å². The Balaban J connectivity index is 1.77. The fraction of sp³-hybridized carbons (Fsp3) is 0.571. The van der Waals surface area contributed by atoms with Crippen molar-refractivity contribution in [2.24, 2.45) is 0 Å². The lowest BCUT2D eigenvalue weighted by Gasteiger charge is -2.32. The number of piperidine rings is 1. The molecule has 1 aromatic carbocycles. The first-order valence-corrected chi connectivity index (χ1v) is 7.54. The Morgan fingerprint density at radius 1 is 1.35 bits per heavy atom. The van der Waals surface area contributed by atoms with Crippen molar-refractivity contribution in [3.05, 3.63) is 27.8 Å². The molecule has 1 heterocycles. The molecular formula is C14H21IN2. The van der Waals surface area contributed by atoms with Gasteiger partial charge in [0, 0.05) is 21.8 Å². The third kappa shape index (κ3) is 3.85. The molecular weight excluding hydrogens is 323 g/mol. The van der Waals surface area contributed by atoms with E-state index in [4.69, 9.17) is 0 Å². The quantitative estimate of drug-likeness (QED) is 0.840. The van der Waals surface area contributed by atoms with E-state index in [9.17, 15) is 0 Å². The van der Waals surface area contributed by atoms with E-state index in [1.807, 2.05) is 0 Å². The van der Waals surface area contributed by atoms with Crippen LogP contribution in [0.15, 0.2) is 24.3 Å². The summed E-state index contributed by atoms with van der Waals surface area (Å²) in [6.45, 7) is 2.35. The number of hydrogen-bond acceptors (Lipinski definition) is 2. The molecule has 3 heteroatoms. The summed E-state index contributed by atoms with van der Waals surface area (Å²) in [7, 11) is 2.26.